The Morgan fingerprint density at radius 2 is 1.74 bits per heavy atom. The van der Waals surface area contributed by atoms with E-state index in [0.717, 1.165) is 45.1 Å². The van der Waals surface area contributed by atoms with Crippen LogP contribution < -0.4 is 0 Å². The van der Waals surface area contributed by atoms with Crippen LogP contribution in [0, 0.1) is 28.6 Å². The number of nitrogens with zero attached hydrogens (tertiary/aromatic N) is 1. The van der Waals surface area contributed by atoms with E-state index in [1.54, 1.807) is 0 Å². The van der Waals surface area contributed by atoms with E-state index in [1.807, 2.05) is 18.0 Å². The molecule has 23 heavy (non-hydrogen) atoms. The second kappa shape index (κ2) is 4.94. The summed E-state index contributed by atoms with van der Waals surface area (Å²) >= 11 is 0. The molecule has 4 rings (SSSR count). The van der Waals surface area contributed by atoms with Gasteiger partial charge in [-0.2, -0.15) is 0 Å². The molecule has 4 aliphatic rings. The molecule has 5 atom stereocenters. The summed E-state index contributed by atoms with van der Waals surface area (Å²) in [7, 11) is 1.92. The Labute approximate surface area is 139 Å². The highest BCUT2D eigenvalue weighted by atomic mass is 16.2. The first-order valence-corrected chi connectivity index (χ1v) is 9.36. The van der Waals surface area contributed by atoms with Crippen LogP contribution in [0.2, 0.25) is 0 Å². The lowest BCUT2D eigenvalue weighted by Crippen LogP contribution is -2.49. The molecule has 126 valence electrons. The standard InChI is InChI=1S/C20H29NO2/c1-19-10-11-21(3)18(23)12-13(19)4-5-14-15-6-7-17(22)20(15,2)9-8-16(14)19/h12,14-16H,4-11H2,1-3H3/t14-,15-,16-,19?,20-/m0/s1. The van der Waals surface area contributed by atoms with Gasteiger partial charge in [-0.3, -0.25) is 9.59 Å². The SMILES string of the molecule is CN1CCC2(C)C(=CC1=O)CC[C@@H]1[C@@H]2CC[C@]2(C)C(=O)CC[C@@H]12. The van der Waals surface area contributed by atoms with E-state index >= 15 is 0 Å². The topological polar surface area (TPSA) is 37.4 Å². The maximum atomic E-state index is 12.4. The molecule has 0 spiro atoms. The van der Waals surface area contributed by atoms with Crippen LogP contribution in [0.1, 0.15) is 58.8 Å². The Bertz CT molecular complexity index is 594. The molecule has 1 aliphatic heterocycles. The van der Waals surface area contributed by atoms with Gasteiger partial charge in [0.05, 0.1) is 0 Å². The number of carbonyl (C=O) groups is 2. The number of fused-ring (bicyclic) bond motifs is 5. The van der Waals surface area contributed by atoms with E-state index in [2.05, 4.69) is 13.8 Å². The van der Waals surface area contributed by atoms with Crippen molar-refractivity contribution in [2.45, 2.75) is 58.8 Å². The average Bonchev–Trinajstić information content (AvgIpc) is 2.77. The predicted molar refractivity (Wildman–Crippen MR) is 89.7 cm³/mol. The van der Waals surface area contributed by atoms with Crippen molar-refractivity contribution < 1.29 is 9.59 Å². The first-order valence-electron chi connectivity index (χ1n) is 9.36. The Balaban J connectivity index is 1.70. The van der Waals surface area contributed by atoms with Crippen LogP contribution in [0.3, 0.4) is 0 Å². The Morgan fingerprint density at radius 1 is 1.00 bits per heavy atom. The molecule has 0 N–H and O–H groups in total. The number of hydrogen-bond donors (Lipinski definition) is 0. The predicted octanol–water partition coefficient (Wildman–Crippen LogP) is 3.59. The van der Waals surface area contributed by atoms with Crippen molar-refractivity contribution in [1.82, 2.24) is 4.90 Å². The monoisotopic (exact) mass is 315 g/mol. The summed E-state index contributed by atoms with van der Waals surface area (Å²) in [6, 6.07) is 0. The summed E-state index contributed by atoms with van der Waals surface area (Å²) in [6.07, 6.45) is 9.38. The number of rotatable bonds is 0. The van der Waals surface area contributed by atoms with E-state index in [4.69, 9.17) is 0 Å². The summed E-state index contributed by atoms with van der Waals surface area (Å²) in [5.74, 6) is 2.62. The molecule has 3 fully saturated rings. The van der Waals surface area contributed by atoms with Gasteiger partial charge in [-0.05, 0) is 61.7 Å². The molecule has 3 heteroatoms. The third kappa shape index (κ3) is 2.01. The van der Waals surface area contributed by atoms with E-state index in [1.165, 1.54) is 12.0 Å². The van der Waals surface area contributed by atoms with Crippen LogP contribution >= 0.6 is 0 Å². The highest BCUT2D eigenvalue weighted by Gasteiger charge is 2.58. The fraction of sp³-hybridized carbons (Fsp3) is 0.800. The molecule has 1 heterocycles. The number of ketones is 1. The first-order chi connectivity index (χ1) is 10.9. The van der Waals surface area contributed by atoms with Crippen molar-refractivity contribution in [3.8, 4) is 0 Å². The summed E-state index contributed by atoms with van der Waals surface area (Å²) in [5, 5.41) is 0. The van der Waals surface area contributed by atoms with Crippen molar-refractivity contribution in [1.29, 1.82) is 0 Å². The van der Waals surface area contributed by atoms with Crippen molar-refractivity contribution in [2.75, 3.05) is 13.6 Å². The van der Waals surface area contributed by atoms with E-state index in [9.17, 15) is 9.59 Å². The lowest BCUT2D eigenvalue weighted by molar-refractivity contribution is -0.132. The maximum absolute atomic E-state index is 12.4. The lowest BCUT2D eigenvalue weighted by Gasteiger charge is -2.55. The molecular formula is C20H29NO2. The molecule has 0 aromatic rings. The fourth-order valence-corrected chi connectivity index (χ4v) is 6.45. The minimum absolute atomic E-state index is 0.0456. The summed E-state index contributed by atoms with van der Waals surface area (Å²) in [6.45, 7) is 5.50. The quantitative estimate of drug-likeness (QED) is 0.685. The minimum Gasteiger partial charge on any atom is -0.342 e. The molecule has 1 unspecified atom stereocenters. The van der Waals surface area contributed by atoms with Gasteiger partial charge in [0.2, 0.25) is 5.91 Å². The zero-order chi connectivity index (χ0) is 16.4. The van der Waals surface area contributed by atoms with Crippen molar-refractivity contribution in [3.63, 3.8) is 0 Å². The second-order valence-corrected chi connectivity index (χ2v) is 8.93. The van der Waals surface area contributed by atoms with Crippen molar-refractivity contribution >= 4 is 11.7 Å². The number of amides is 1. The normalized spacial score (nSPS) is 46.7. The molecule has 1 amide bonds. The Kier molecular flexibility index (Phi) is 3.31. The zero-order valence-electron chi connectivity index (χ0n) is 14.7. The first kappa shape index (κ1) is 15.4. The number of hydrogen-bond acceptors (Lipinski definition) is 2. The molecular weight excluding hydrogens is 286 g/mol. The number of allylic oxidation sites excluding steroid dienone is 1. The van der Waals surface area contributed by atoms with Gasteiger partial charge in [-0.15, -0.1) is 0 Å². The number of Topliss-reactive ketones (excluding diaryl/α,β-unsaturated/α-hetero) is 1. The van der Waals surface area contributed by atoms with Gasteiger partial charge in [0.25, 0.3) is 0 Å². The van der Waals surface area contributed by atoms with Gasteiger partial charge in [-0.25, -0.2) is 0 Å². The largest absolute Gasteiger partial charge is 0.342 e. The molecule has 0 saturated heterocycles. The lowest BCUT2D eigenvalue weighted by atomic mass is 9.48. The van der Waals surface area contributed by atoms with Crippen molar-refractivity contribution in [2.24, 2.45) is 28.6 Å². The van der Waals surface area contributed by atoms with Crippen LogP contribution in [-0.4, -0.2) is 30.2 Å². The number of carbonyl (C=O) groups excluding carboxylic acids is 2. The van der Waals surface area contributed by atoms with Crippen LogP contribution in [0.15, 0.2) is 11.6 Å². The minimum atomic E-state index is -0.0456. The Morgan fingerprint density at radius 3 is 2.52 bits per heavy atom. The maximum Gasteiger partial charge on any atom is 0.246 e. The highest BCUT2D eigenvalue weighted by molar-refractivity contribution is 5.89. The zero-order valence-corrected chi connectivity index (χ0v) is 14.7. The molecule has 3 nitrogen and oxygen atoms in total. The molecule has 3 saturated carbocycles. The van der Waals surface area contributed by atoms with Gasteiger partial charge in [-0.1, -0.05) is 19.4 Å². The Hall–Kier alpha value is -1.12. The molecule has 0 bridgehead atoms. The number of likely N-dealkylation sites (N-methyl/N-ethyl adjacent to an activating group) is 1. The van der Waals surface area contributed by atoms with E-state index in [-0.39, 0.29) is 16.7 Å². The van der Waals surface area contributed by atoms with Crippen molar-refractivity contribution in [3.05, 3.63) is 11.6 Å². The second-order valence-electron chi connectivity index (χ2n) is 8.93. The smallest absolute Gasteiger partial charge is 0.246 e. The molecule has 0 aromatic heterocycles. The van der Waals surface area contributed by atoms with Crippen LogP contribution in [0.25, 0.3) is 0 Å². The highest BCUT2D eigenvalue weighted by Crippen LogP contribution is 2.63. The van der Waals surface area contributed by atoms with E-state index in [0.29, 0.717) is 23.5 Å². The molecule has 3 aliphatic carbocycles. The fourth-order valence-electron chi connectivity index (χ4n) is 6.45. The van der Waals surface area contributed by atoms with Gasteiger partial charge in [0, 0.05) is 31.5 Å². The van der Waals surface area contributed by atoms with Gasteiger partial charge in [0.1, 0.15) is 5.78 Å². The molecule has 0 radical (unpaired) electrons. The molecule has 0 aromatic carbocycles. The van der Waals surface area contributed by atoms with Gasteiger partial charge < -0.3 is 4.90 Å². The summed E-state index contributed by atoms with van der Waals surface area (Å²) in [5.41, 5.74) is 1.51. The third-order valence-electron chi connectivity index (χ3n) is 8.09. The van der Waals surface area contributed by atoms with E-state index < -0.39 is 0 Å². The van der Waals surface area contributed by atoms with Gasteiger partial charge >= 0.3 is 0 Å². The van der Waals surface area contributed by atoms with Crippen LogP contribution in [-0.2, 0) is 9.59 Å². The van der Waals surface area contributed by atoms with Crippen LogP contribution in [0.4, 0.5) is 0 Å². The van der Waals surface area contributed by atoms with Crippen LogP contribution in [0.5, 0.6) is 0 Å². The third-order valence-corrected chi connectivity index (χ3v) is 8.09. The average molecular weight is 315 g/mol. The summed E-state index contributed by atoms with van der Waals surface area (Å²) in [4.78, 5) is 26.6. The summed E-state index contributed by atoms with van der Waals surface area (Å²) < 4.78 is 0. The van der Waals surface area contributed by atoms with Gasteiger partial charge in [0.15, 0.2) is 0 Å².